The van der Waals surface area contributed by atoms with Crippen LogP contribution in [0.25, 0.3) is 0 Å². The maximum Gasteiger partial charge on any atom is 0.368 e. The van der Waals surface area contributed by atoms with Crippen molar-refractivity contribution in [1.82, 2.24) is 0 Å². The van der Waals surface area contributed by atoms with E-state index in [0.717, 1.165) is 6.42 Å². The van der Waals surface area contributed by atoms with E-state index in [1.165, 1.54) is 0 Å². The molecule has 5 nitrogen and oxygen atoms in total. The molecule has 5 heteroatoms. The quantitative estimate of drug-likeness (QED) is 0.813. The third-order valence-electron chi connectivity index (χ3n) is 2.19. The molecule has 0 unspecified atom stereocenters. The zero-order valence-electron chi connectivity index (χ0n) is 8.86. The second-order valence-electron chi connectivity index (χ2n) is 3.48. The first-order chi connectivity index (χ1) is 7.70. The zero-order valence-corrected chi connectivity index (χ0v) is 8.86. The van der Waals surface area contributed by atoms with Crippen LogP contribution in [0.2, 0.25) is 0 Å². The molecule has 0 saturated carbocycles. The van der Waals surface area contributed by atoms with Crippen LogP contribution in [-0.2, 0) is 4.79 Å². The summed E-state index contributed by atoms with van der Waals surface area (Å²) >= 11 is 0. The summed E-state index contributed by atoms with van der Waals surface area (Å²) < 4.78 is 0. The van der Waals surface area contributed by atoms with Gasteiger partial charge in [0, 0.05) is 6.42 Å². The fraction of sp³-hybridized carbons (Fsp3) is 0.273. The van der Waals surface area contributed by atoms with Crippen molar-refractivity contribution in [2.24, 2.45) is 9.98 Å². The summed E-state index contributed by atoms with van der Waals surface area (Å²) in [4.78, 5) is 29.9. The third kappa shape index (κ3) is 1.98. The Bertz CT molecular complexity index is 563. The number of amides is 3. The molecule has 1 aromatic rings. The topological polar surface area (TPSA) is 70.9 Å². The monoisotopic (exact) mass is 217 g/mol. The average molecular weight is 217 g/mol. The molecule has 1 heterocycles. The standard InChI is InChI=1S/C11H11N3O2/c1-2-4-9(15)12-7-5-3-6-8-10(7)14-11(16)13-8/h3,5-6H,2,4H2,1H3,(H,12,15). The minimum Gasteiger partial charge on any atom is -0.324 e. The number of nitrogens with one attached hydrogen (secondary N) is 1. The molecule has 0 bridgehead atoms. The van der Waals surface area contributed by atoms with Crippen molar-refractivity contribution in [3.63, 3.8) is 0 Å². The fourth-order valence-electron chi connectivity index (χ4n) is 1.50. The highest BCUT2D eigenvalue weighted by Gasteiger charge is 2.10. The van der Waals surface area contributed by atoms with Crippen LogP contribution in [0.4, 0.5) is 10.5 Å². The molecule has 0 aliphatic carbocycles. The van der Waals surface area contributed by atoms with E-state index in [2.05, 4.69) is 15.3 Å². The first-order valence-corrected chi connectivity index (χ1v) is 5.11. The van der Waals surface area contributed by atoms with Gasteiger partial charge in [-0.3, -0.25) is 4.79 Å². The first-order valence-electron chi connectivity index (χ1n) is 5.11. The Morgan fingerprint density at radius 2 is 2.19 bits per heavy atom. The lowest BCUT2D eigenvalue weighted by Gasteiger charge is -2.02. The van der Waals surface area contributed by atoms with Crippen LogP contribution in [0.3, 0.4) is 0 Å². The number of rotatable bonds is 3. The van der Waals surface area contributed by atoms with E-state index in [0.29, 0.717) is 22.8 Å². The Morgan fingerprint density at radius 3 is 2.94 bits per heavy atom. The van der Waals surface area contributed by atoms with Gasteiger partial charge in [0.2, 0.25) is 5.91 Å². The Labute approximate surface area is 91.9 Å². The highest BCUT2D eigenvalue weighted by atomic mass is 16.2. The molecule has 3 amide bonds. The van der Waals surface area contributed by atoms with Gasteiger partial charge in [0.1, 0.15) is 5.36 Å². The summed E-state index contributed by atoms with van der Waals surface area (Å²) in [6.45, 7) is 1.93. The average Bonchev–Trinajstić information content (AvgIpc) is 2.60. The predicted molar refractivity (Wildman–Crippen MR) is 57.7 cm³/mol. The number of urea groups is 1. The predicted octanol–water partition coefficient (Wildman–Crippen LogP) is 0.798. The number of fused-ring (bicyclic) bond motifs is 1. The van der Waals surface area contributed by atoms with Crippen molar-refractivity contribution in [1.29, 1.82) is 0 Å². The largest absolute Gasteiger partial charge is 0.368 e. The first kappa shape index (κ1) is 10.5. The van der Waals surface area contributed by atoms with Gasteiger partial charge in [0.15, 0.2) is 0 Å². The van der Waals surface area contributed by atoms with Gasteiger partial charge in [-0.2, -0.15) is 9.98 Å². The highest BCUT2D eigenvalue weighted by molar-refractivity contribution is 5.91. The van der Waals surface area contributed by atoms with E-state index in [4.69, 9.17) is 0 Å². The third-order valence-corrected chi connectivity index (χ3v) is 2.19. The molecule has 0 atom stereocenters. The molecule has 1 aliphatic heterocycles. The fourth-order valence-corrected chi connectivity index (χ4v) is 1.50. The summed E-state index contributed by atoms with van der Waals surface area (Å²) in [5, 5.41) is 3.69. The summed E-state index contributed by atoms with van der Waals surface area (Å²) in [6, 6.07) is 4.62. The number of para-hydroxylation sites is 1. The maximum absolute atomic E-state index is 11.4. The number of hydrogen-bond donors (Lipinski definition) is 1. The molecular formula is C11H11N3O2. The van der Waals surface area contributed by atoms with Crippen molar-refractivity contribution in [3.8, 4) is 0 Å². The van der Waals surface area contributed by atoms with Gasteiger partial charge in [0.05, 0.1) is 11.0 Å². The maximum atomic E-state index is 11.4. The summed E-state index contributed by atoms with van der Waals surface area (Å²) in [5.74, 6) is -0.0783. The Morgan fingerprint density at radius 1 is 1.38 bits per heavy atom. The normalized spacial score (nSPS) is 12.7. The lowest BCUT2D eigenvalue weighted by atomic mass is 10.2. The molecule has 1 N–H and O–H groups in total. The lowest BCUT2D eigenvalue weighted by Crippen LogP contribution is -2.27. The second kappa shape index (κ2) is 4.22. The molecule has 1 aromatic carbocycles. The number of carbonyl (C=O) groups excluding carboxylic acids is 2. The lowest BCUT2D eigenvalue weighted by molar-refractivity contribution is -0.116. The second-order valence-corrected chi connectivity index (χ2v) is 3.48. The molecule has 0 radical (unpaired) electrons. The minimum atomic E-state index is -0.521. The van der Waals surface area contributed by atoms with Crippen molar-refractivity contribution in [2.45, 2.75) is 19.8 Å². The van der Waals surface area contributed by atoms with E-state index >= 15 is 0 Å². The molecule has 1 aliphatic rings. The van der Waals surface area contributed by atoms with E-state index in [1.807, 2.05) is 6.92 Å². The van der Waals surface area contributed by atoms with Crippen molar-refractivity contribution < 1.29 is 9.59 Å². The van der Waals surface area contributed by atoms with Crippen LogP contribution in [0.15, 0.2) is 28.2 Å². The van der Waals surface area contributed by atoms with Crippen LogP contribution in [0.1, 0.15) is 19.8 Å². The van der Waals surface area contributed by atoms with Gasteiger partial charge in [-0.05, 0) is 18.6 Å². The molecule has 16 heavy (non-hydrogen) atoms. The van der Waals surface area contributed by atoms with E-state index in [1.54, 1.807) is 18.2 Å². The molecule has 0 spiro atoms. The van der Waals surface area contributed by atoms with E-state index in [-0.39, 0.29) is 5.91 Å². The SMILES string of the molecule is CCCC(=O)Nc1cccc2c1=NC(=O)N=2. The molecule has 82 valence electrons. The van der Waals surface area contributed by atoms with Crippen LogP contribution in [0, 0.1) is 0 Å². The Balaban J connectivity index is 2.36. The number of nitrogens with zero attached hydrogens (tertiary/aromatic N) is 2. The van der Waals surface area contributed by atoms with Crippen LogP contribution in [0.5, 0.6) is 0 Å². The number of anilines is 1. The molecule has 0 fully saturated rings. The Hall–Kier alpha value is -2.04. The van der Waals surface area contributed by atoms with Crippen molar-refractivity contribution in [3.05, 3.63) is 28.9 Å². The zero-order chi connectivity index (χ0) is 11.5. The smallest absolute Gasteiger partial charge is 0.324 e. The minimum absolute atomic E-state index is 0.0783. The summed E-state index contributed by atoms with van der Waals surface area (Å²) in [5.41, 5.74) is 0.547. The van der Waals surface area contributed by atoms with Gasteiger partial charge in [-0.15, -0.1) is 0 Å². The van der Waals surface area contributed by atoms with Crippen LogP contribution in [-0.4, -0.2) is 11.9 Å². The molecule has 0 saturated heterocycles. The van der Waals surface area contributed by atoms with E-state index in [9.17, 15) is 9.59 Å². The molecule has 2 rings (SSSR count). The van der Waals surface area contributed by atoms with Gasteiger partial charge < -0.3 is 5.32 Å². The number of hydrogen-bond acceptors (Lipinski definition) is 2. The number of benzene rings is 1. The van der Waals surface area contributed by atoms with Gasteiger partial charge in [-0.25, -0.2) is 4.79 Å². The van der Waals surface area contributed by atoms with Crippen LogP contribution < -0.4 is 16.0 Å². The van der Waals surface area contributed by atoms with Gasteiger partial charge >= 0.3 is 6.03 Å². The van der Waals surface area contributed by atoms with Crippen molar-refractivity contribution >= 4 is 17.6 Å². The highest BCUT2D eigenvalue weighted by Crippen LogP contribution is 2.00. The summed E-state index contributed by atoms with van der Waals surface area (Å²) in [6.07, 6.45) is 1.23. The molecular weight excluding hydrogens is 206 g/mol. The Kier molecular flexibility index (Phi) is 2.76. The van der Waals surface area contributed by atoms with E-state index < -0.39 is 6.03 Å². The number of carbonyl (C=O) groups is 2. The van der Waals surface area contributed by atoms with Gasteiger partial charge in [0.25, 0.3) is 0 Å². The molecule has 0 aromatic heterocycles. The van der Waals surface area contributed by atoms with Crippen molar-refractivity contribution in [2.75, 3.05) is 5.32 Å². The summed E-state index contributed by atoms with van der Waals surface area (Å²) in [7, 11) is 0. The van der Waals surface area contributed by atoms with Gasteiger partial charge in [-0.1, -0.05) is 13.0 Å². The van der Waals surface area contributed by atoms with Crippen LogP contribution >= 0.6 is 0 Å².